The molecular weight excluding hydrogens is 398 g/mol. The van der Waals surface area contributed by atoms with Crippen molar-refractivity contribution in [3.8, 4) is 17.2 Å². The first-order valence-corrected chi connectivity index (χ1v) is 9.23. The molecule has 0 bridgehead atoms. The van der Waals surface area contributed by atoms with Gasteiger partial charge in [-0.3, -0.25) is 0 Å². The molecule has 8 heteroatoms. The Balaban J connectivity index is 2.23. The third-order valence-corrected chi connectivity index (χ3v) is 5.25. The van der Waals surface area contributed by atoms with E-state index in [0.717, 1.165) is 5.56 Å². The predicted octanol–water partition coefficient (Wildman–Crippen LogP) is 2.95. The summed E-state index contributed by atoms with van der Waals surface area (Å²) in [5.74, 6) is 1.39. The van der Waals surface area contributed by atoms with Crippen molar-refractivity contribution in [2.45, 2.75) is 11.4 Å². The van der Waals surface area contributed by atoms with Crippen molar-refractivity contribution in [1.82, 2.24) is 4.72 Å². The number of rotatable bonds is 7. The molecule has 24 heavy (non-hydrogen) atoms. The number of halogens is 1. The summed E-state index contributed by atoms with van der Waals surface area (Å²) in [5.41, 5.74) is 0.741. The first-order valence-electron chi connectivity index (χ1n) is 6.95. The molecule has 0 aliphatic carbocycles. The van der Waals surface area contributed by atoms with Crippen molar-refractivity contribution in [3.63, 3.8) is 0 Å². The molecule has 0 radical (unpaired) electrons. The van der Waals surface area contributed by atoms with Gasteiger partial charge in [0.25, 0.3) is 0 Å². The second-order valence-corrected chi connectivity index (χ2v) is 7.46. The van der Waals surface area contributed by atoms with Gasteiger partial charge in [0.1, 0.15) is 10.6 Å². The van der Waals surface area contributed by atoms with Crippen molar-refractivity contribution in [3.05, 3.63) is 46.4 Å². The summed E-state index contributed by atoms with van der Waals surface area (Å²) in [5, 5.41) is 0. The Labute approximate surface area is 149 Å². The third-order valence-electron chi connectivity index (χ3n) is 3.33. The number of ether oxygens (including phenoxy) is 3. The van der Waals surface area contributed by atoms with Crippen LogP contribution in [-0.4, -0.2) is 29.7 Å². The molecular formula is C16H18BrNO5S. The molecule has 2 rings (SSSR count). The zero-order chi connectivity index (χ0) is 17.7. The van der Waals surface area contributed by atoms with E-state index in [0.29, 0.717) is 16.0 Å². The van der Waals surface area contributed by atoms with Crippen molar-refractivity contribution >= 4 is 26.0 Å². The summed E-state index contributed by atoms with van der Waals surface area (Å²) in [6, 6.07) is 10.0. The maximum absolute atomic E-state index is 12.5. The highest BCUT2D eigenvalue weighted by Crippen LogP contribution is 2.29. The van der Waals surface area contributed by atoms with E-state index in [1.807, 2.05) is 0 Å². The van der Waals surface area contributed by atoms with E-state index < -0.39 is 10.0 Å². The summed E-state index contributed by atoms with van der Waals surface area (Å²) in [4.78, 5) is 0.0693. The van der Waals surface area contributed by atoms with Gasteiger partial charge >= 0.3 is 0 Å². The minimum Gasteiger partial charge on any atom is -0.495 e. The molecule has 0 saturated heterocycles. The molecule has 0 saturated carbocycles. The predicted molar refractivity (Wildman–Crippen MR) is 94.3 cm³/mol. The van der Waals surface area contributed by atoms with Crippen molar-refractivity contribution in [2.24, 2.45) is 0 Å². The summed E-state index contributed by atoms with van der Waals surface area (Å²) in [7, 11) is 0.759. The number of hydrogen-bond acceptors (Lipinski definition) is 5. The smallest absolute Gasteiger partial charge is 0.244 e. The van der Waals surface area contributed by atoms with E-state index in [1.54, 1.807) is 37.4 Å². The number of nitrogens with one attached hydrogen (secondary N) is 1. The lowest BCUT2D eigenvalue weighted by Gasteiger charge is -2.12. The Morgan fingerprint density at radius 2 is 1.54 bits per heavy atom. The molecule has 0 fully saturated rings. The Kier molecular flexibility index (Phi) is 6.09. The summed E-state index contributed by atoms with van der Waals surface area (Å²) >= 11 is 3.27. The van der Waals surface area contributed by atoms with Gasteiger partial charge < -0.3 is 14.2 Å². The molecule has 0 atom stereocenters. The largest absolute Gasteiger partial charge is 0.495 e. The Bertz CT molecular complexity index is 823. The van der Waals surface area contributed by atoms with Gasteiger partial charge in [-0.1, -0.05) is 22.0 Å². The topological polar surface area (TPSA) is 73.9 Å². The molecule has 0 aliphatic rings. The van der Waals surface area contributed by atoms with E-state index in [-0.39, 0.29) is 17.2 Å². The normalized spacial score (nSPS) is 11.2. The minimum atomic E-state index is -3.74. The van der Waals surface area contributed by atoms with E-state index >= 15 is 0 Å². The molecule has 2 aromatic rings. The number of methoxy groups -OCH3 is 3. The zero-order valence-corrected chi connectivity index (χ0v) is 15.9. The number of sulfonamides is 1. The van der Waals surface area contributed by atoms with Crippen LogP contribution >= 0.6 is 15.9 Å². The fourth-order valence-corrected chi connectivity index (χ4v) is 3.83. The van der Waals surface area contributed by atoms with Gasteiger partial charge in [0.05, 0.1) is 21.3 Å². The van der Waals surface area contributed by atoms with Crippen LogP contribution in [0.1, 0.15) is 5.56 Å². The second kappa shape index (κ2) is 7.87. The lowest BCUT2D eigenvalue weighted by atomic mass is 10.2. The SMILES string of the molecule is COc1ccc(CNS(=O)(=O)c2cc(Br)ccc2OC)cc1OC. The van der Waals surface area contributed by atoms with E-state index in [9.17, 15) is 8.42 Å². The average Bonchev–Trinajstić information content (AvgIpc) is 2.59. The van der Waals surface area contributed by atoms with Crippen LogP contribution in [0.3, 0.4) is 0 Å². The van der Waals surface area contributed by atoms with Crippen LogP contribution in [0.2, 0.25) is 0 Å². The highest BCUT2D eigenvalue weighted by Gasteiger charge is 2.20. The third kappa shape index (κ3) is 4.19. The number of benzene rings is 2. The van der Waals surface area contributed by atoms with E-state index in [1.165, 1.54) is 20.3 Å². The molecule has 2 aromatic carbocycles. The maximum atomic E-state index is 12.5. The molecule has 0 heterocycles. The van der Waals surface area contributed by atoms with Gasteiger partial charge in [-0.05, 0) is 35.9 Å². The molecule has 0 unspecified atom stereocenters. The molecule has 0 aromatic heterocycles. The average molecular weight is 416 g/mol. The maximum Gasteiger partial charge on any atom is 0.244 e. The highest BCUT2D eigenvalue weighted by atomic mass is 79.9. The van der Waals surface area contributed by atoms with Crippen LogP contribution in [0.5, 0.6) is 17.2 Å². The van der Waals surface area contributed by atoms with Crippen LogP contribution in [0, 0.1) is 0 Å². The standard InChI is InChI=1S/C16H18BrNO5S/c1-21-13-6-4-11(8-15(13)23-3)10-18-24(19,20)16-9-12(17)5-7-14(16)22-2/h4-9,18H,10H2,1-3H3. The van der Waals surface area contributed by atoms with Crippen LogP contribution < -0.4 is 18.9 Å². The van der Waals surface area contributed by atoms with Crippen LogP contribution in [0.4, 0.5) is 0 Å². The first-order chi connectivity index (χ1) is 11.4. The van der Waals surface area contributed by atoms with Crippen LogP contribution in [-0.2, 0) is 16.6 Å². The van der Waals surface area contributed by atoms with Crippen molar-refractivity contribution in [2.75, 3.05) is 21.3 Å². The summed E-state index contributed by atoms with van der Waals surface area (Å²) < 4.78 is 43.8. The second-order valence-electron chi connectivity index (χ2n) is 4.81. The van der Waals surface area contributed by atoms with E-state index in [2.05, 4.69) is 20.7 Å². The molecule has 1 N–H and O–H groups in total. The van der Waals surface area contributed by atoms with E-state index in [4.69, 9.17) is 14.2 Å². The van der Waals surface area contributed by atoms with Gasteiger partial charge in [-0.15, -0.1) is 0 Å². The van der Waals surface area contributed by atoms with Gasteiger partial charge in [0, 0.05) is 11.0 Å². The van der Waals surface area contributed by atoms with Crippen LogP contribution in [0.25, 0.3) is 0 Å². The van der Waals surface area contributed by atoms with Gasteiger partial charge in [-0.25, -0.2) is 13.1 Å². The quantitative estimate of drug-likeness (QED) is 0.752. The molecule has 0 spiro atoms. The molecule has 6 nitrogen and oxygen atoms in total. The minimum absolute atomic E-state index is 0.0693. The fourth-order valence-electron chi connectivity index (χ4n) is 2.11. The first kappa shape index (κ1) is 18.6. The monoisotopic (exact) mass is 415 g/mol. The van der Waals surface area contributed by atoms with Gasteiger partial charge in [0.15, 0.2) is 11.5 Å². The molecule has 0 aliphatic heterocycles. The van der Waals surface area contributed by atoms with Gasteiger partial charge in [-0.2, -0.15) is 0 Å². The van der Waals surface area contributed by atoms with Crippen molar-refractivity contribution < 1.29 is 22.6 Å². The molecule has 0 amide bonds. The zero-order valence-electron chi connectivity index (χ0n) is 13.5. The Morgan fingerprint density at radius 1 is 0.917 bits per heavy atom. The van der Waals surface area contributed by atoms with Gasteiger partial charge in [0.2, 0.25) is 10.0 Å². The Hall–Kier alpha value is -1.77. The summed E-state index contributed by atoms with van der Waals surface area (Å²) in [6.45, 7) is 0.109. The molecule has 130 valence electrons. The summed E-state index contributed by atoms with van der Waals surface area (Å²) in [6.07, 6.45) is 0. The highest BCUT2D eigenvalue weighted by molar-refractivity contribution is 9.10. The Morgan fingerprint density at radius 3 is 2.17 bits per heavy atom. The fraction of sp³-hybridized carbons (Fsp3) is 0.250. The number of hydrogen-bond donors (Lipinski definition) is 1. The lowest BCUT2D eigenvalue weighted by molar-refractivity contribution is 0.354. The lowest BCUT2D eigenvalue weighted by Crippen LogP contribution is -2.23. The van der Waals surface area contributed by atoms with Crippen LogP contribution in [0.15, 0.2) is 45.8 Å². The van der Waals surface area contributed by atoms with Crippen molar-refractivity contribution in [1.29, 1.82) is 0 Å².